The van der Waals surface area contributed by atoms with E-state index in [0.717, 1.165) is 0 Å². The number of hydrogen-bond acceptors (Lipinski definition) is 3. The van der Waals surface area contributed by atoms with Crippen LogP contribution in [0, 0.1) is 0 Å². The highest BCUT2D eigenvalue weighted by Gasteiger charge is 1.96. The first-order valence-electron chi connectivity index (χ1n) is 2.97. The highest BCUT2D eigenvalue weighted by molar-refractivity contribution is 5.05. The molecule has 54 valence electrons. The average molecular weight is 139 g/mol. The van der Waals surface area contributed by atoms with Gasteiger partial charge in [-0.05, 0) is 6.07 Å². The van der Waals surface area contributed by atoms with E-state index in [4.69, 9.17) is 5.73 Å². The van der Waals surface area contributed by atoms with Crippen molar-refractivity contribution in [2.24, 2.45) is 12.8 Å². The van der Waals surface area contributed by atoms with E-state index in [2.05, 4.69) is 5.10 Å². The quantitative estimate of drug-likeness (QED) is 0.556. The van der Waals surface area contributed by atoms with E-state index < -0.39 is 0 Å². The summed E-state index contributed by atoms with van der Waals surface area (Å²) in [5, 5.41) is 3.74. The van der Waals surface area contributed by atoms with E-state index in [0.29, 0.717) is 5.56 Å². The summed E-state index contributed by atoms with van der Waals surface area (Å²) in [5.41, 5.74) is 5.75. The van der Waals surface area contributed by atoms with Crippen molar-refractivity contribution in [1.82, 2.24) is 9.78 Å². The molecule has 0 atom stereocenters. The molecule has 0 unspecified atom stereocenters. The van der Waals surface area contributed by atoms with Crippen molar-refractivity contribution in [2.45, 2.75) is 6.54 Å². The Morgan fingerprint density at radius 3 is 3.00 bits per heavy atom. The standard InChI is InChI=1S/C6H9N3O/c1-9-6(10)5(4-7)2-3-8-9/h2-3H,4,7H2,1H3. The van der Waals surface area contributed by atoms with E-state index in [1.165, 1.54) is 4.68 Å². The molecule has 0 amide bonds. The van der Waals surface area contributed by atoms with E-state index in [9.17, 15) is 4.79 Å². The second-order valence-electron chi connectivity index (χ2n) is 1.99. The van der Waals surface area contributed by atoms with Crippen LogP contribution >= 0.6 is 0 Å². The second kappa shape index (κ2) is 2.62. The lowest BCUT2D eigenvalue weighted by atomic mass is 10.3. The van der Waals surface area contributed by atoms with E-state index >= 15 is 0 Å². The molecule has 0 aliphatic carbocycles. The van der Waals surface area contributed by atoms with Crippen molar-refractivity contribution in [3.8, 4) is 0 Å². The first-order chi connectivity index (χ1) is 4.75. The van der Waals surface area contributed by atoms with Crippen molar-refractivity contribution >= 4 is 0 Å². The molecule has 0 spiro atoms. The fourth-order valence-corrected chi connectivity index (χ4v) is 0.710. The van der Waals surface area contributed by atoms with E-state index in [1.54, 1.807) is 19.3 Å². The van der Waals surface area contributed by atoms with Gasteiger partial charge in [0.25, 0.3) is 5.56 Å². The fraction of sp³-hybridized carbons (Fsp3) is 0.333. The maximum atomic E-state index is 11.0. The third-order valence-corrected chi connectivity index (χ3v) is 1.30. The molecule has 0 radical (unpaired) electrons. The summed E-state index contributed by atoms with van der Waals surface area (Å²) < 4.78 is 1.27. The van der Waals surface area contributed by atoms with Gasteiger partial charge in [-0.1, -0.05) is 0 Å². The van der Waals surface area contributed by atoms with Gasteiger partial charge in [0.2, 0.25) is 0 Å². The van der Waals surface area contributed by atoms with Crippen molar-refractivity contribution in [3.05, 3.63) is 28.2 Å². The van der Waals surface area contributed by atoms with E-state index in [-0.39, 0.29) is 12.1 Å². The molecule has 1 rings (SSSR count). The van der Waals surface area contributed by atoms with Gasteiger partial charge >= 0.3 is 0 Å². The predicted molar refractivity (Wildman–Crippen MR) is 37.4 cm³/mol. The van der Waals surface area contributed by atoms with Crippen molar-refractivity contribution in [3.63, 3.8) is 0 Å². The van der Waals surface area contributed by atoms with Crippen molar-refractivity contribution < 1.29 is 0 Å². The number of nitrogens with zero attached hydrogens (tertiary/aromatic N) is 2. The molecule has 4 nitrogen and oxygen atoms in total. The van der Waals surface area contributed by atoms with Gasteiger partial charge in [-0.25, -0.2) is 4.68 Å². The molecule has 1 heterocycles. The molecule has 2 N–H and O–H groups in total. The minimum atomic E-state index is -0.120. The third-order valence-electron chi connectivity index (χ3n) is 1.30. The molecule has 0 saturated carbocycles. The molecular weight excluding hydrogens is 130 g/mol. The Morgan fingerprint density at radius 2 is 2.50 bits per heavy atom. The Morgan fingerprint density at radius 1 is 1.80 bits per heavy atom. The minimum Gasteiger partial charge on any atom is -0.326 e. The lowest BCUT2D eigenvalue weighted by Crippen LogP contribution is -2.24. The Balaban J connectivity index is 3.28. The number of aromatic nitrogens is 2. The molecule has 10 heavy (non-hydrogen) atoms. The normalized spacial score (nSPS) is 9.80. The maximum absolute atomic E-state index is 11.0. The molecule has 4 heteroatoms. The summed E-state index contributed by atoms with van der Waals surface area (Å²) in [6.07, 6.45) is 1.56. The fourth-order valence-electron chi connectivity index (χ4n) is 0.710. The number of nitrogens with two attached hydrogens (primary N) is 1. The van der Waals surface area contributed by atoms with Crippen LogP contribution in [0.5, 0.6) is 0 Å². The van der Waals surface area contributed by atoms with E-state index in [1.807, 2.05) is 0 Å². The lowest BCUT2D eigenvalue weighted by molar-refractivity contribution is 0.692. The summed E-state index contributed by atoms with van der Waals surface area (Å²) in [7, 11) is 1.60. The Bertz CT molecular complexity index is 279. The molecule has 1 aromatic rings. The Kier molecular flexibility index (Phi) is 1.82. The zero-order chi connectivity index (χ0) is 7.56. The van der Waals surface area contributed by atoms with Gasteiger partial charge < -0.3 is 5.73 Å². The first-order valence-corrected chi connectivity index (χ1v) is 2.97. The minimum absolute atomic E-state index is 0.120. The summed E-state index contributed by atoms with van der Waals surface area (Å²) in [6, 6.07) is 1.63. The zero-order valence-electron chi connectivity index (χ0n) is 5.74. The van der Waals surface area contributed by atoms with Crippen molar-refractivity contribution in [2.75, 3.05) is 0 Å². The predicted octanol–water partition coefficient (Wildman–Crippen LogP) is -0.761. The number of hydrogen-bond donors (Lipinski definition) is 1. The second-order valence-corrected chi connectivity index (χ2v) is 1.99. The van der Waals surface area contributed by atoms with Crippen LogP contribution in [-0.4, -0.2) is 9.78 Å². The Labute approximate surface area is 58.3 Å². The van der Waals surface area contributed by atoms with Gasteiger partial charge in [0, 0.05) is 25.4 Å². The largest absolute Gasteiger partial charge is 0.326 e. The molecular formula is C6H9N3O. The third kappa shape index (κ3) is 1.06. The average Bonchev–Trinajstić information content (AvgIpc) is 1.95. The molecule has 0 aromatic carbocycles. The van der Waals surface area contributed by atoms with Crippen LogP contribution in [0.4, 0.5) is 0 Å². The van der Waals surface area contributed by atoms with Crippen molar-refractivity contribution in [1.29, 1.82) is 0 Å². The number of rotatable bonds is 1. The van der Waals surface area contributed by atoms with Crippen LogP contribution in [0.25, 0.3) is 0 Å². The van der Waals surface area contributed by atoms with Crippen LogP contribution in [0.2, 0.25) is 0 Å². The van der Waals surface area contributed by atoms with Crippen LogP contribution in [0.1, 0.15) is 5.56 Å². The molecule has 0 fully saturated rings. The topological polar surface area (TPSA) is 60.9 Å². The molecule has 0 bridgehead atoms. The Hall–Kier alpha value is -1.16. The van der Waals surface area contributed by atoms with Gasteiger partial charge in [-0.15, -0.1) is 0 Å². The summed E-state index contributed by atoms with van der Waals surface area (Å²) in [4.78, 5) is 11.0. The molecule has 0 saturated heterocycles. The molecule has 0 aliphatic heterocycles. The van der Waals surface area contributed by atoms with Gasteiger partial charge in [0.1, 0.15) is 0 Å². The van der Waals surface area contributed by atoms with Gasteiger partial charge in [0.15, 0.2) is 0 Å². The smallest absolute Gasteiger partial charge is 0.270 e. The number of aryl methyl sites for hydroxylation is 1. The highest BCUT2D eigenvalue weighted by atomic mass is 16.1. The molecule has 1 aromatic heterocycles. The first kappa shape index (κ1) is 6.95. The van der Waals surface area contributed by atoms with Crippen LogP contribution in [0.3, 0.4) is 0 Å². The van der Waals surface area contributed by atoms with Crippen LogP contribution in [0.15, 0.2) is 17.1 Å². The summed E-state index contributed by atoms with van der Waals surface area (Å²) in [6.45, 7) is 0.273. The zero-order valence-corrected chi connectivity index (χ0v) is 5.74. The molecule has 0 aliphatic rings. The maximum Gasteiger partial charge on any atom is 0.270 e. The van der Waals surface area contributed by atoms with Gasteiger partial charge in [-0.3, -0.25) is 4.79 Å². The highest BCUT2D eigenvalue weighted by Crippen LogP contribution is 1.83. The summed E-state index contributed by atoms with van der Waals surface area (Å²) in [5.74, 6) is 0. The lowest BCUT2D eigenvalue weighted by Gasteiger charge is -1.96. The van der Waals surface area contributed by atoms with Crippen LogP contribution in [-0.2, 0) is 13.6 Å². The van der Waals surface area contributed by atoms with Gasteiger partial charge in [0.05, 0.1) is 0 Å². The SMILES string of the molecule is Cn1nccc(CN)c1=O. The monoisotopic (exact) mass is 139 g/mol. The summed E-state index contributed by atoms with van der Waals surface area (Å²) >= 11 is 0. The van der Waals surface area contributed by atoms with Gasteiger partial charge in [-0.2, -0.15) is 5.10 Å². The van der Waals surface area contributed by atoms with Crippen LogP contribution < -0.4 is 11.3 Å².